The Morgan fingerprint density at radius 2 is 2.31 bits per heavy atom. The smallest absolute Gasteiger partial charge is 0.0568 e. The number of hydrogen-bond acceptors (Lipinski definition) is 1. The fourth-order valence-electron chi connectivity index (χ4n) is 2.31. The maximum atomic E-state index is 9.86. The molecule has 1 N–H and O–H groups in total. The van der Waals surface area contributed by atoms with E-state index in [4.69, 9.17) is 0 Å². The minimum absolute atomic E-state index is 0.0510. The van der Waals surface area contributed by atoms with Crippen LogP contribution >= 0.6 is 0 Å². The van der Waals surface area contributed by atoms with Gasteiger partial charge in [-0.2, -0.15) is 0 Å². The highest BCUT2D eigenvalue weighted by atomic mass is 16.3. The van der Waals surface area contributed by atoms with Crippen LogP contribution in [0.15, 0.2) is 12.7 Å². The van der Waals surface area contributed by atoms with E-state index in [0.29, 0.717) is 5.92 Å². The Bertz CT molecular complexity index is 153. The molecule has 1 aliphatic carbocycles. The van der Waals surface area contributed by atoms with E-state index in [1.165, 1.54) is 19.3 Å². The molecule has 1 aliphatic rings. The number of unbranched alkanes of at least 4 members (excludes halogenated alkanes) is 1. The van der Waals surface area contributed by atoms with Crippen LogP contribution in [0, 0.1) is 11.8 Å². The van der Waals surface area contributed by atoms with Gasteiger partial charge in [-0.15, -0.1) is 6.58 Å². The molecule has 0 radical (unpaired) electrons. The number of hydrogen-bond donors (Lipinski definition) is 1. The van der Waals surface area contributed by atoms with E-state index in [-0.39, 0.29) is 6.10 Å². The summed E-state index contributed by atoms with van der Waals surface area (Å²) in [5.74, 6) is 1.42. The third-order valence-corrected chi connectivity index (χ3v) is 3.19. The van der Waals surface area contributed by atoms with Crippen molar-refractivity contribution in [1.29, 1.82) is 0 Å². The molecule has 1 rings (SSSR count). The summed E-state index contributed by atoms with van der Waals surface area (Å²) < 4.78 is 0. The van der Waals surface area contributed by atoms with E-state index < -0.39 is 0 Å². The lowest BCUT2D eigenvalue weighted by atomic mass is 9.95. The molecule has 0 aromatic rings. The Kier molecular flexibility index (Phi) is 4.51. The molecule has 13 heavy (non-hydrogen) atoms. The largest absolute Gasteiger partial charge is 0.393 e. The SMILES string of the molecule is C=CCCCC(O)C1CCC(C)C1. The van der Waals surface area contributed by atoms with Crippen LogP contribution in [0.2, 0.25) is 0 Å². The average Bonchev–Trinajstić information content (AvgIpc) is 2.52. The van der Waals surface area contributed by atoms with E-state index in [9.17, 15) is 5.11 Å². The lowest BCUT2D eigenvalue weighted by molar-refractivity contribution is 0.0982. The summed E-state index contributed by atoms with van der Waals surface area (Å²) in [7, 11) is 0. The summed E-state index contributed by atoms with van der Waals surface area (Å²) in [5, 5.41) is 9.86. The fourth-order valence-corrected chi connectivity index (χ4v) is 2.31. The third-order valence-electron chi connectivity index (χ3n) is 3.19. The molecule has 1 nitrogen and oxygen atoms in total. The van der Waals surface area contributed by atoms with Gasteiger partial charge in [0.1, 0.15) is 0 Å². The monoisotopic (exact) mass is 182 g/mol. The van der Waals surface area contributed by atoms with Gasteiger partial charge in [-0.25, -0.2) is 0 Å². The standard InChI is InChI=1S/C12H22O/c1-3-4-5-6-12(13)11-8-7-10(2)9-11/h3,10-13H,1,4-9H2,2H3. The number of aliphatic hydroxyl groups excluding tert-OH is 1. The van der Waals surface area contributed by atoms with Crippen LogP contribution in [0.1, 0.15) is 45.4 Å². The summed E-state index contributed by atoms with van der Waals surface area (Å²) in [6.07, 6.45) is 8.75. The normalized spacial score (nSPS) is 30.3. The Morgan fingerprint density at radius 3 is 2.85 bits per heavy atom. The van der Waals surface area contributed by atoms with Crippen LogP contribution < -0.4 is 0 Å². The average molecular weight is 182 g/mol. The third kappa shape index (κ3) is 3.51. The van der Waals surface area contributed by atoms with E-state index in [1.54, 1.807) is 0 Å². The summed E-state index contributed by atoms with van der Waals surface area (Å²) in [4.78, 5) is 0. The Hall–Kier alpha value is -0.300. The second kappa shape index (κ2) is 5.43. The van der Waals surface area contributed by atoms with Gasteiger partial charge in [-0.05, 0) is 43.9 Å². The highest BCUT2D eigenvalue weighted by Crippen LogP contribution is 2.33. The minimum Gasteiger partial charge on any atom is -0.393 e. The maximum absolute atomic E-state index is 9.86. The van der Waals surface area contributed by atoms with Crippen LogP contribution in [-0.2, 0) is 0 Å². The van der Waals surface area contributed by atoms with Gasteiger partial charge in [0.2, 0.25) is 0 Å². The highest BCUT2D eigenvalue weighted by molar-refractivity contribution is 4.79. The summed E-state index contributed by atoms with van der Waals surface area (Å²) in [5.41, 5.74) is 0. The quantitative estimate of drug-likeness (QED) is 0.511. The molecule has 0 amide bonds. The lowest BCUT2D eigenvalue weighted by Crippen LogP contribution is -2.17. The first-order valence-electron chi connectivity index (χ1n) is 5.53. The molecule has 0 heterocycles. The molecule has 1 fully saturated rings. The first-order valence-corrected chi connectivity index (χ1v) is 5.53. The number of aliphatic hydroxyl groups is 1. The van der Waals surface area contributed by atoms with Crippen molar-refractivity contribution in [3.05, 3.63) is 12.7 Å². The molecule has 0 aromatic carbocycles. The van der Waals surface area contributed by atoms with Crippen molar-refractivity contribution in [2.45, 2.75) is 51.6 Å². The van der Waals surface area contributed by atoms with Gasteiger partial charge in [0.25, 0.3) is 0 Å². The summed E-state index contributed by atoms with van der Waals surface area (Å²) in [6.45, 7) is 5.97. The number of allylic oxidation sites excluding steroid dienone is 1. The van der Waals surface area contributed by atoms with Gasteiger partial charge in [-0.1, -0.05) is 19.4 Å². The van der Waals surface area contributed by atoms with Crippen LogP contribution in [0.5, 0.6) is 0 Å². The molecule has 3 unspecified atom stereocenters. The molecule has 0 spiro atoms. The number of rotatable bonds is 5. The van der Waals surface area contributed by atoms with E-state index in [2.05, 4.69) is 13.5 Å². The first kappa shape index (κ1) is 10.8. The van der Waals surface area contributed by atoms with Crippen molar-refractivity contribution in [3.8, 4) is 0 Å². The first-order chi connectivity index (χ1) is 6.24. The van der Waals surface area contributed by atoms with Crippen molar-refractivity contribution < 1.29 is 5.11 Å². The lowest BCUT2D eigenvalue weighted by Gasteiger charge is -2.17. The van der Waals surface area contributed by atoms with Crippen molar-refractivity contribution in [2.75, 3.05) is 0 Å². The Labute approximate surface area is 81.9 Å². The van der Waals surface area contributed by atoms with Gasteiger partial charge < -0.3 is 5.11 Å². The molecule has 0 aromatic heterocycles. The van der Waals surface area contributed by atoms with Crippen LogP contribution in [0.4, 0.5) is 0 Å². The van der Waals surface area contributed by atoms with Crippen molar-refractivity contribution >= 4 is 0 Å². The second-order valence-corrected chi connectivity index (χ2v) is 4.47. The van der Waals surface area contributed by atoms with Crippen molar-refractivity contribution in [1.82, 2.24) is 0 Å². The Balaban J connectivity index is 2.15. The van der Waals surface area contributed by atoms with E-state index >= 15 is 0 Å². The summed E-state index contributed by atoms with van der Waals surface area (Å²) >= 11 is 0. The molecule has 0 bridgehead atoms. The zero-order chi connectivity index (χ0) is 9.68. The van der Waals surface area contributed by atoms with Gasteiger partial charge in [0.05, 0.1) is 6.10 Å². The van der Waals surface area contributed by atoms with Crippen LogP contribution in [0.3, 0.4) is 0 Å². The molecular weight excluding hydrogens is 160 g/mol. The molecule has 0 aliphatic heterocycles. The molecule has 1 saturated carbocycles. The van der Waals surface area contributed by atoms with E-state index in [0.717, 1.165) is 25.2 Å². The molecule has 0 saturated heterocycles. The molecule has 76 valence electrons. The molecule has 1 heteroatoms. The fraction of sp³-hybridized carbons (Fsp3) is 0.833. The maximum Gasteiger partial charge on any atom is 0.0568 e. The Morgan fingerprint density at radius 1 is 1.54 bits per heavy atom. The van der Waals surface area contributed by atoms with Gasteiger partial charge in [0, 0.05) is 0 Å². The zero-order valence-corrected chi connectivity index (χ0v) is 8.71. The molecular formula is C12H22O. The predicted molar refractivity (Wildman–Crippen MR) is 56.6 cm³/mol. The van der Waals surface area contributed by atoms with Gasteiger partial charge in [0.15, 0.2) is 0 Å². The predicted octanol–water partition coefficient (Wildman–Crippen LogP) is 3.14. The van der Waals surface area contributed by atoms with Gasteiger partial charge >= 0.3 is 0 Å². The van der Waals surface area contributed by atoms with E-state index in [1.807, 2.05) is 6.08 Å². The topological polar surface area (TPSA) is 20.2 Å². The minimum atomic E-state index is -0.0510. The zero-order valence-electron chi connectivity index (χ0n) is 8.71. The van der Waals surface area contributed by atoms with Crippen molar-refractivity contribution in [3.63, 3.8) is 0 Å². The van der Waals surface area contributed by atoms with Crippen LogP contribution in [-0.4, -0.2) is 11.2 Å². The second-order valence-electron chi connectivity index (χ2n) is 4.47. The van der Waals surface area contributed by atoms with Crippen molar-refractivity contribution in [2.24, 2.45) is 11.8 Å². The van der Waals surface area contributed by atoms with Crippen LogP contribution in [0.25, 0.3) is 0 Å². The molecule has 3 atom stereocenters. The highest BCUT2D eigenvalue weighted by Gasteiger charge is 2.26. The summed E-state index contributed by atoms with van der Waals surface area (Å²) in [6, 6.07) is 0. The van der Waals surface area contributed by atoms with Gasteiger partial charge in [-0.3, -0.25) is 0 Å².